The van der Waals surface area contributed by atoms with Crippen LogP contribution >= 0.6 is 0 Å². The fourth-order valence-corrected chi connectivity index (χ4v) is 2.75. The molecule has 18 heavy (non-hydrogen) atoms. The lowest BCUT2D eigenvalue weighted by Crippen LogP contribution is -2.36. The largest absolute Gasteiger partial charge is 0.396 e. The molecule has 0 saturated carbocycles. The lowest BCUT2D eigenvalue weighted by molar-refractivity contribution is 0.116. The Morgan fingerprint density at radius 3 is 2.94 bits per heavy atom. The van der Waals surface area contributed by atoms with Gasteiger partial charge in [0.05, 0.1) is 0 Å². The van der Waals surface area contributed by atoms with Crippen molar-refractivity contribution in [2.24, 2.45) is 11.7 Å². The Balaban J connectivity index is 2.00. The summed E-state index contributed by atoms with van der Waals surface area (Å²) in [5, 5.41) is 9.26. The second-order valence-corrected chi connectivity index (χ2v) is 5.39. The average Bonchev–Trinajstić information content (AvgIpc) is 2.41. The first-order valence-electron chi connectivity index (χ1n) is 6.84. The SMILES string of the molecule is Cc1cc(CN)ccc1CN1CCCC(CO)C1. The summed E-state index contributed by atoms with van der Waals surface area (Å²) in [6, 6.07) is 6.50. The molecule has 1 aliphatic rings. The minimum atomic E-state index is 0.321. The van der Waals surface area contributed by atoms with Crippen LogP contribution in [0.2, 0.25) is 0 Å². The van der Waals surface area contributed by atoms with Gasteiger partial charge in [-0.2, -0.15) is 0 Å². The van der Waals surface area contributed by atoms with Gasteiger partial charge in [-0.25, -0.2) is 0 Å². The van der Waals surface area contributed by atoms with Gasteiger partial charge < -0.3 is 10.8 Å². The summed E-state index contributed by atoms with van der Waals surface area (Å²) in [5.41, 5.74) is 9.55. The Morgan fingerprint density at radius 2 is 2.28 bits per heavy atom. The number of hydrogen-bond acceptors (Lipinski definition) is 3. The van der Waals surface area contributed by atoms with Crippen molar-refractivity contribution in [3.63, 3.8) is 0 Å². The Kier molecular flexibility index (Phi) is 4.75. The molecule has 1 unspecified atom stereocenters. The minimum absolute atomic E-state index is 0.321. The van der Waals surface area contributed by atoms with Gasteiger partial charge in [0.2, 0.25) is 0 Å². The Morgan fingerprint density at radius 1 is 1.44 bits per heavy atom. The van der Waals surface area contributed by atoms with E-state index < -0.39 is 0 Å². The lowest BCUT2D eigenvalue weighted by Gasteiger charge is -2.32. The number of aryl methyl sites for hydroxylation is 1. The quantitative estimate of drug-likeness (QED) is 0.852. The minimum Gasteiger partial charge on any atom is -0.396 e. The van der Waals surface area contributed by atoms with E-state index in [2.05, 4.69) is 30.0 Å². The summed E-state index contributed by atoms with van der Waals surface area (Å²) in [4.78, 5) is 2.45. The highest BCUT2D eigenvalue weighted by Gasteiger charge is 2.19. The van der Waals surface area contributed by atoms with Crippen molar-refractivity contribution < 1.29 is 5.11 Å². The zero-order chi connectivity index (χ0) is 13.0. The highest BCUT2D eigenvalue weighted by Crippen LogP contribution is 2.20. The maximum atomic E-state index is 9.26. The molecule has 1 aromatic carbocycles. The number of benzene rings is 1. The zero-order valence-corrected chi connectivity index (χ0v) is 11.2. The van der Waals surface area contributed by atoms with Crippen LogP contribution < -0.4 is 5.73 Å². The molecular weight excluding hydrogens is 224 g/mol. The van der Waals surface area contributed by atoms with Gasteiger partial charge in [-0.1, -0.05) is 18.2 Å². The third-order valence-corrected chi connectivity index (χ3v) is 3.90. The maximum absolute atomic E-state index is 9.26. The highest BCUT2D eigenvalue weighted by molar-refractivity contribution is 5.31. The Hall–Kier alpha value is -0.900. The van der Waals surface area contributed by atoms with E-state index in [9.17, 15) is 5.11 Å². The van der Waals surface area contributed by atoms with E-state index in [1.807, 2.05) is 0 Å². The predicted octanol–water partition coefficient (Wildman–Crippen LogP) is 1.66. The number of piperidine rings is 1. The summed E-state index contributed by atoms with van der Waals surface area (Å²) in [7, 11) is 0. The van der Waals surface area contributed by atoms with E-state index in [1.54, 1.807) is 0 Å². The average molecular weight is 248 g/mol. The Bertz CT molecular complexity index is 392. The molecule has 3 N–H and O–H groups in total. The third-order valence-electron chi connectivity index (χ3n) is 3.90. The van der Waals surface area contributed by atoms with Gasteiger partial charge in [-0.15, -0.1) is 0 Å². The van der Waals surface area contributed by atoms with Crippen LogP contribution in [0.4, 0.5) is 0 Å². The number of aliphatic hydroxyl groups is 1. The highest BCUT2D eigenvalue weighted by atomic mass is 16.3. The van der Waals surface area contributed by atoms with Crippen molar-refractivity contribution in [3.05, 3.63) is 34.9 Å². The van der Waals surface area contributed by atoms with Gasteiger partial charge in [0.25, 0.3) is 0 Å². The Labute approximate surface area is 110 Å². The van der Waals surface area contributed by atoms with Crippen molar-refractivity contribution in [1.82, 2.24) is 4.90 Å². The van der Waals surface area contributed by atoms with E-state index in [4.69, 9.17) is 5.73 Å². The molecule has 1 aliphatic heterocycles. The fraction of sp³-hybridized carbons (Fsp3) is 0.600. The van der Waals surface area contributed by atoms with Crippen LogP contribution in [0, 0.1) is 12.8 Å². The molecule has 100 valence electrons. The number of rotatable bonds is 4. The van der Waals surface area contributed by atoms with Crippen molar-refractivity contribution in [2.75, 3.05) is 19.7 Å². The van der Waals surface area contributed by atoms with E-state index in [-0.39, 0.29) is 0 Å². The van der Waals surface area contributed by atoms with Crippen LogP contribution in [0.25, 0.3) is 0 Å². The van der Waals surface area contributed by atoms with E-state index >= 15 is 0 Å². The van der Waals surface area contributed by atoms with Gasteiger partial charge >= 0.3 is 0 Å². The van der Waals surface area contributed by atoms with Gasteiger partial charge in [-0.3, -0.25) is 4.90 Å². The summed E-state index contributed by atoms with van der Waals surface area (Å²) in [6.07, 6.45) is 2.36. The molecule has 1 fully saturated rings. The molecule has 1 aromatic rings. The van der Waals surface area contributed by atoms with Crippen molar-refractivity contribution in [2.45, 2.75) is 32.9 Å². The second kappa shape index (κ2) is 6.32. The molecule has 2 rings (SSSR count). The summed E-state index contributed by atoms with van der Waals surface area (Å²) in [5.74, 6) is 0.461. The van der Waals surface area contributed by atoms with Gasteiger partial charge in [0.1, 0.15) is 0 Å². The van der Waals surface area contributed by atoms with Crippen molar-refractivity contribution >= 4 is 0 Å². The van der Waals surface area contributed by atoms with Crippen LogP contribution in [0.3, 0.4) is 0 Å². The van der Waals surface area contributed by atoms with E-state index in [0.717, 1.165) is 26.1 Å². The summed E-state index contributed by atoms with van der Waals surface area (Å²) >= 11 is 0. The number of nitrogens with zero attached hydrogens (tertiary/aromatic N) is 1. The molecule has 1 saturated heterocycles. The molecule has 1 heterocycles. The predicted molar refractivity (Wildman–Crippen MR) is 74.2 cm³/mol. The molecule has 0 radical (unpaired) electrons. The first-order valence-corrected chi connectivity index (χ1v) is 6.84. The molecular formula is C15H24N2O. The smallest absolute Gasteiger partial charge is 0.0471 e. The van der Waals surface area contributed by atoms with Crippen LogP contribution in [0.5, 0.6) is 0 Å². The summed E-state index contributed by atoms with van der Waals surface area (Å²) < 4.78 is 0. The fourth-order valence-electron chi connectivity index (χ4n) is 2.75. The molecule has 0 aromatic heterocycles. The first kappa shape index (κ1) is 13.5. The molecule has 0 spiro atoms. The van der Waals surface area contributed by atoms with Gasteiger partial charge in [-0.05, 0) is 48.9 Å². The van der Waals surface area contributed by atoms with Crippen LogP contribution in [-0.2, 0) is 13.1 Å². The van der Waals surface area contributed by atoms with Crippen LogP contribution in [-0.4, -0.2) is 29.7 Å². The number of aliphatic hydroxyl groups excluding tert-OH is 1. The molecule has 3 heteroatoms. The normalized spacial score (nSPS) is 21.2. The van der Waals surface area contributed by atoms with E-state index in [1.165, 1.54) is 23.1 Å². The van der Waals surface area contributed by atoms with Crippen LogP contribution in [0.1, 0.15) is 29.5 Å². The molecule has 0 aliphatic carbocycles. The number of hydrogen-bond donors (Lipinski definition) is 2. The van der Waals surface area contributed by atoms with Crippen molar-refractivity contribution in [1.29, 1.82) is 0 Å². The zero-order valence-electron chi connectivity index (χ0n) is 11.2. The topological polar surface area (TPSA) is 49.5 Å². The van der Waals surface area contributed by atoms with Crippen molar-refractivity contribution in [3.8, 4) is 0 Å². The van der Waals surface area contributed by atoms with E-state index in [0.29, 0.717) is 19.1 Å². The number of likely N-dealkylation sites (tertiary alicyclic amines) is 1. The second-order valence-electron chi connectivity index (χ2n) is 5.39. The molecule has 3 nitrogen and oxygen atoms in total. The van der Waals surface area contributed by atoms with Gasteiger partial charge in [0, 0.05) is 26.2 Å². The monoisotopic (exact) mass is 248 g/mol. The molecule has 1 atom stereocenters. The molecule has 0 amide bonds. The van der Waals surface area contributed by atoms with Crippen LogP contribution in [0.15, 0.2) is 18.2 Å². The standard InChI is InChI=1S/C15H24N2O/c1-12-7-13(8-16)4-5-15(12)10-17-6-2-3-14(9-17)11-18/h4-5,7,14,18H,2-3,6,8-11,16H2,1H3. The lowest BCUT2D eigenvalue weighted by atomic mass is 9.97. The number of nitrogens with two attached hydrogens (primary N) is 1. The molecule has 0 bridgehead atoms. The summed E-state index contributed by atoms with van der Waals surface area (Å²) in [6.45, 7) is 6.25. The first-order chi connectivity index (χ1) is 8.72. The third kappa shape index (κ3) is 3.31. The maximum Gasteiger partial charge on any atom is 0.0471 e. The van der Waals surface area contributed by atoms with Gasteiger partial charge in [0.15, 0.2) is 0 Å².